The molecule has 14 nitrogen and oxygen atoms in total. The molecule has 50 heavy (non-hydrogen) atoms. The Morgan fingerprint density at radius 3 is 2.10 bits per heavy atom. The molecule has 2 heterocycles. The number of carbonyl (C=O) groups is 5. The minimum absolute atomic E-state index is 0.00594. The van der Waals surface area contributed by atoms with E-state index in [4.69, 9.17) is 0 Å². The number of likely N-dealkylation sites (N-methyl/N-ethyl adjacent to an activating group) is 1. The van der Waals surface area contributed by atoms with Gasteiger partial charge in [0.2, 0.25) is 17.6 Å². The fourth-order valence-electron chi connectivity index (χ4n) is 6.60. The summed E-state index contributed by atoms with van der Waals surface area (Å²) in [5.41, 5.74) is -0.531. The summed E-state index contributed by atoms with van der Waals surface area (Å²) in [5, 5.41) is 11.1. The lowest BCUT2D eigenvalue weighted by Gasteiger charge is -2.36. The molecule has 5 amide bonds. The molecule has 5 atom stereocenters. The highest BCUT2D eigenvalue weighted by molar-refractivity contribution is 7.86. The average Bonchev–Trinajstić information content (AvgIpc) is 3.49. The van der Waals surface area contributed by atoms with Gasteiger partial charge in [0.1, 0.15) is 12.1 Å². The van der Waals surface area contributed by atoms with Crippen molar-refractivity contribution in [1.82, 2.24) is 34.8 Å². The summed E-state index contributed by atoms with van der Waals surface area (Å²) < 4.78 is 27.8. The summed E-state index contributed by atoms with van der Waals surface area (Å²) >= 11 is 0. The molecule has 286 valence electrons. The van der Waals surface area contributed by atoms with Crippen LogP contribution >= 0.6 is 0 Å². The fraction of sp³-hybridized carbons (Fsp3) is 0.800. The Morgan fingerprint density at radius 1 is 0.980 bits per heavy atom. The van der Waals surface area contributed by atoms with Crippen LogP contribution in [0.25, 0.3) is 0 Å². The Bertz CT molecular complexity index is 1300. The molecule has 0 unspecified atom stereocenters. The number of fused-ring (bicyclic) bond motifs is 1. The van der Waals surface area contributed by atoms with Gasteiger partial charge in [-0.05, 0) is 36.5 Å². The highest BCUT2D eigenvalue weighted by Crippen LogP contribution is 2.32. The molecule has 0 aromatic heterocycles. The quantitative estimate of drug-likeness (QED) is 0.187. The lowest BCUT2D eigenvalue weighted by molar-refractivity contribution is -0.143. The summed E-state index contributed by atoms with van der Waals surface area (Å²) in [5.74, 6) is -2.56. The molecule has 2 fully saturated rings. The van der Waals surface area contributed by atoms with E-state index in [0.29, 0.717) is 38.6 Å². The third kappa shape index (κ3) is 12.3. The molecule has 15 heteroatoms. The van der Waals surface area contributed by atoms with E-state index in [2.05, 4.69) is 27.8 Å². The number of Topliss-reactive ketones (excluding diaryl/α,β-unsaturated/α-hetero) is 1. The normalized spacial score (nSPS) is 24.0. The molecular formula is C35H63N7O7S. The monoisotopic (exact) mass is 725 g/mol. The number of nitrogens with zero attached hydrogens (tertiary/aromatic N) is 3. The van der Waals surface area contributed by atoms with Crippen LogP contribution in [0.1, 0.15) is 98.8 Å². The molecule has 0 radical (unpaired) electrons. The van der Waals surface area contributed by atoms with Gasteiger partial charge in [-0.1, -0.05) is 85.6 Å². The second-order valence-electron chi connectivity index (χ2n) is 15.3. The van der Waals surface area contributed by atoms with Gasteiger partial charge in [0.25, 0.3) is 16.1 Å². The molecule has 0 saturated carbocycles. The molecule has 2 aliphatic heterocycles. The van der Waals surface area contributed by atoms with E-state index in [1.165, 1.54) is 36.4 Å². The zero-order chi connectivity index (χ0) is 37.8. The summed E-state index contributed by atoms with van der Waals surface area (Å²) in [6.07, 6.45) is 8.60. The summed E-state index contributed by atoms with van der Waals surface area (Å²) in [6.45, 7) is 13.7. The zero-order valence-electron chi connectivity index (χ0n) is 31.5. The van der Waals surface area contributed by atoms with Crippen molar-refractivity contribution >= 4 is 39.7 Å². The molecule has 0 bridgehead atoms. The second kappa shape index (κ2) is 19.5. The van der Waals surface area contributed by atoms with Crippen molar-refractivity contribution in [2.45, 2.75) is 123 Å². The molecule has 0 aromatic rings. The first-order chi connectivity index (χ1) is 23.3. The Hall–Kier alpha value is -3.04. The second-order valence-corrected chi connectivity index (χ2v) is 17.6. The molecule has 2 saturated heterocycles. The number of amides is 5. The SMILES string of the molecule is C=CCNC(=O)C(=O)[C@@H]1CCCCCCCCC[C@H](NC(=O)N[C@H](CN(C)S(=O)(=O)N(C)C)C(C)(C)C)C(=O)N2CC[C@H](C(C)C)[C@H]2C(=O)N1. The van der Waals surface area contributed by atoms with Gasteiger partial charge in [-0.3, -0.25) is 19.2 Å². The molecule has 0 aromatic carbocycles. The lowest BCUT2D eigenvalue weighted by Crippen LogP contribution is -2.60. The highest BCUT2D eigenvalue weighted by atomic mass is 32.2. The maximum Gasteiger partial charge on any atom is 0.315 e. The van der Waals surface area contributed by atoms with Gasteiger partial charge < -0.3 is 26.2 Å². The van der Waals surface area contributed by atoms with E-state index in [9.17, 15) is 32.4 Å². The third-order valence-electron chi connectivity index (χ3n) is 9.85. The van der Waals surface area contributed by atoms with Crippen LogP contribution in [0.15, 0.2) is 12.7 Å². The minimum Gasteiger partial charge on any atom is -0.346 e. The topological polar surface area (TPSA) is 177 Å². The lowest BCUT2D eigenvalue weighted by atomic mass is 9.86. The van der Waals surface area contributed by atoms with Crippen molar-refractivity contribution in [3.63, 3.8) is 0 Å². The number of hydrogen-bond acceptors (Lipinski definition) is 7. The Labute approximate surface area is 300 Å². The van der Waals surface area contributed by atoms with Gasteiger partial charge in [0.05, 0.1) is 6.04 Å². The fourth-order valence-corrected chi connectivity index (χ4v) is 7.49. The Kier molecular flexibility index (Phi) is 16.8. The van der Waals surface area contributed by atoms with Crippen LogP contribution in [0.4, 0.5) is 4.79 Å². The third-order valence-corrected chi connectivity index (χ3v) is 11.7. The maximum absolute atomic E-state index is 14.3. The van der Waals surface area contributed by atoms with Crippen LogP contribution in [-0.4, -0.2) is 116 Å². The van der Waals surface area contributed by atoms with Crippen molar-refractivity contribution in [1.29, 1.82) is 0 Å². The molecule has 2 aliphatic rings. The van der Waals surface area contributed by atoms with Crippen LogP contribution in [0.2, 0.25) is 0 Å². The smallest absolute Gasteiger partial charge is 0.315 e. The molecule has 0 aliphatic carbocycles. The van der Waals surface area contributed by atoms with Crippen LogP contribution in [0.3, 0.4) is 0 Å². The first-order valence-electron chi connectivity index (χ1n) is 18.1. The average molecular weight is 726 g/mol. The number of ketones is 1. The predicted octanol–water partition coefficient (Wildman–Crippen LogP) is 2.56. The number of urea groups is 1. The molecule has 4 N–H and O–H groups in total. The Morgan fingerprint density at radius 2 is 1.56 bits per heavy atom. The standard InChI is InChI=1S/C35H63N7O7S/c1-10-21-36-32(45)30(43)26-18-16-14-12-11-13-15-17-19-27(33(46)42-22-20-25(24(2)3)29(42)31(44)37-26)38-34(47)39-28(35(4,5)6)23-41(9)50(48,49)40(7)8/h10,24-29H,1,11-23H2,2-9H3,(H,36,45)(H,37,44)(H2,38,39,47)/t25-,26+,27+,28-,29+/m1/s1. The van der Waals surface area contributed by atoms with Crippen molar-refractivity contribution in [3.05, 3.63) is 12.7 Å². The van der Waals surface area contributed by atoms with E-state index in [-0.39, 0.29) is 30.8 Å². The van der Waals surface area contributed by atoms with E-state index < -0.39 is 63.4 Å². The molecule has 2 rings (SSSR count). The van der Waals surface area contributed by atoms with Crippen LogP contribution in [0, 0.1) is 17.3 Å². The van der Waals surface area contributed by atoms with Gasteiger partial charge in [-0.25, -0.2) is 4.79 Å². The molecular weight excluding hydrogens is 662 g/mol. The van der Waals surface area contributed by atoms with Crippen molar-refractivity contribution in [2.24, 2.45) is 17.3 Å². The Balaban J connectivity index is 2.40. The molecule has 0 spiro atoms. The number of nitrogens with one attached hydrogen (secondary N) is 4. The maximum atomic E-state index is 14.3. The summed E-state index contributed by atoms with van der Waals surface area (Å²) in [6, 6.07) is -4.06. The number of hydrogen-bond donors (Lipinski definition) is 4. The van der Waals surface area contributed by atoms with Crippen molar-refractivity contribution in [2.75, 3.05) is 40.8 Å². The van der Waals surface area contributed by atoms with Crippen LogP contribution in [-0.2, 0) is 29.4 Å². The minimum atomic E-state index is -3.73. The van der Waals surface area contributed by atoms with Crippen molar-refractivity contribution < 1.29 is 32.4 Å². The van der Waals surface area contributed by atoms with E-state index in [0.717, 1.165) is 36.4 Å². The van der Waals surface area contributed by atoms with Crippen molar-refractivity contribution in [3.8, 4) is 0 Å². The van der Waals surface area contributed by atoms with Gasteiger partial charge in [-0.15, -0.1) is 6.58 Å². The number of rotatable bonds is 11. The zero-order valence-corrected chi connectivity index (χ0v) is 32.4. The summed E-state index contributed by atoms with van der Waals surface area (Å²) in [7, 11) is 0.598. The first kappa shape index (κ1) is 43.1. The largest absolute Gasteiger partial charge is 0.346 e. The van der Waals surface area contributed by atoms with Crippen LogP contribution in [0.5, 0.6) is 0 Å². The van der Waals surface area contributed by atoms with E-state index in [1.807, 2.05) is 34.6 Å². The van der Waals surface area contributed by atoms with E-state index in [1.54, 1.807) is 0 Å². The predicted molar refractivity (Wildman–Crippen MR) is 194 cm³/mol. The number of carbonyl (C=O) groups excluding carboxylic acids is 5. The summed E-state index contributed by atoms with van der Waals surface area (Å²) in [4.78, 5) is 69.4. The first-order valence-corrected chi connectivity index (χ1v) is 19.5. The van der Waals surface area contributed by atoms with Gasteiger partial charge in [0, 0.05) is 46.8 Å². The van der Waals surface area contributed by atoms with Gasteiger partial charge >= 0.3 is 6.03 Å². The highest BCUT2D eigenvalue weighted by Gasteiger charge is 2.46. The van der Waals surface area contributed by atoms with Gasteiger partial charge in [0.15, 0.2) is 0 Å². The van der Waals surface area contributed by atoms with Gasteiger partial charge in [-0.2, -0.15) is 17.0 Å². The van der Waals surface area contributed by atoms with Crippen LogP contribution < -0.4 is 21.3 Å². The van der Waals surface area contributed by atoms with E-state index >= 15 is 0 Å².